The van der Waals surface area contributed by atoms with Gasteiger partial charge in [0, 0.05) is 23.5 Å². The lowest BCUT2D eigenvalue weighted by Crippen LogP contribution is -2.31. The molecule has 2 aliphatic rings. The summed E-state index contributed by atoms with van der Waals surface area (Å²) in [7, 11) is 1.76. The fourth-order valence-corrected chi connectivity index (χ4v) is 4.00. The van der Waals surface area contributed by atoms with Crippen molar-refractivity contribution in [1.29, 1.82) is 0 Å². The van der Waals surface area contributed by atoms with E-state index in [4.69, 9.17) is 0 Å². The summed E-state index contributed by atoms with van der Waals surface area (Å²) in [6, 6.07) is 13.9. The van der Waals surface area contributed by atoms with Gasteiger partial charge in [-0.2, -0.15) is 0 Å². The lowest BCUT2D eigenvalue weighted by molar-refractivity contribution is -0.114. The quantitative estimate of drug-likeness (QED) is 0.838. The number of hydrogen-bond acceptors (Lipinski definition) is 3. The molecule has 0 spiro atoms. The first-order chi connectivity index (χ1) is 12.5. The van der Waals surface area contributed by atoms with Gasteiger partial charge >= 0.3 is 0 Å². The fourth-order valence-electron chi connectivity index (χ4n) is 2.92. The molecule has 1 heterocycles. The van der Waals surface area contributed by atoms with E-state index in [1.165, 1.54) is 11.8 Å². The molecule has 5 heteroatoms. The van der Waals surface area contributed by atoms with E-state index in [-0.39, 0.29) is 11.8 Å². The molecule has 0 bridgehead atoms. The molecule has 2 amide bonds. The van der Waals surface area contributed by atoms with Crippen LogP contribution in [-0.4, -0.2) is 24.9 Å². The van der Waals surface area contributed by atoms with Crippen LogP contribution in [0.3, 0.4) is 0 Å². The summed E-state index contributed by atoms with van der Waals surface area (Å²) < 4.78 is 0. The van der Waals surface area contributed by atoms with Crippen molar-refractivity contribution in [2.24, 2.45) is 0 Å². The SMILES string of the molecule is Cc1ccccc1/C=C1\Sc2ccc(C(=O)NC3CC3)cc2N(C)C1=O. The molecule has 1 saturated carbocycles. The number of benzene rings is 2. The predicted octanol–water partition coefficient (Wildman–Crippen LogP) is 4.00. The normalized spacial score (nSPS) is 18.0. The molecule has 1 aliphatic heterocycles. The molecule has 1 aliphatic carbocycles. The Morgan fingerprint density at radius 1 is 1.23 bits per heavy atom. The van der Waals surface area contributed by atoms with E-state index in [1.54, 1.807) is 11.9 Å². The lowest BCUT2D eigenvalue weighted by Gasteiger charge is -2.27. The molecule has 4 nitrogen and oxygen atoms in total. The van der Waals surface area contributed by atoms with Crippen LogP contribution in [0.15, 0.2) is 52.3 Å². The molecule has 26 heavy (non-hydrogen) atoms. The largest absolute Gasteiger partial charge is 0.349 e. The molecular formula is C21H20N2O2S. The van der Waals surface area contributed by atoms with Crippen LogP contribution in [0.1, 0.15) is 34.3 Å². The molecule has 0 atom stereocenters. The van der Waals surface area contributed by atoms with Gasteiger partial charge in [-0.3, -0.25) is 9.59 Å². The zero-order valence-corrected chi connectivity index (χ0v) is 15.6. The number of amides is 2. The Labute approximate surface area is 157 Å². The van der Waals surface area contributed by atoms with Crippen molar-refractivity contribution in [2.75, 3.05) is 11.9 Å². The second-order valence-electron chi connectivity index (χ2n) is 6.76. The van der Waals surface area contributed by atoms with Crippen LogP contribution < -0.4 is 10.2 Å². The molecule has 0 aromatic heterocycles. The van der Waals surface area contributed by atoms with E-state index in [1.807, 2.05) is 55.5 Å². The van der Waals surface area contributed by atoms with Gasteiger partial charge in [-0.25, -0.2) is 0 Å². The minimum Gasteiger partial charge on any atom is -0.349 e. The Hall–Kier alpha value is -2.53. The number of nitrogens with zero attached hydrogens (tertiary/aromatic N) is 1. The Kier molecular flexibility index (Phi) is 4.32. The molecule has 4 rings (SSSR count). The highest BCUT2D eigenvalue weighted by Gasteiger charge is 2.28. The van der Waals surface area contributed by atoms with Crippen LogP contribution in [0.2, 0.25) is 0 Å². The van der Waals surface area contributed by atoms with Crippen LogP contribution in [-0.2, 0) is 4.79 Å². The molecule has 0 saturated heterocycles. The standard InChI is InChI=1S/C21H20N2O2S/c1-13-5-3-4-6-14(13)12-19-21(25)23(2)17-11-15(7-10-18(17)26-19)20(24)22-16-8-9-16/h3-7,10-12,16H,8-9H2,1-2H3,(H,22,24)/b19-12-. The zero-order chi connectivity index (χ0) is 18.3. The summed E-state index contributed by atoms with van der Waals surface area (Å²) in [6.45, 7) is 2.03. The zero-order valence-electron chi connectivity index (χ0n) is 14.8. The van der Waals surface area contributed by atoms with E-state index >= 15 is 0 Å². The summed E-state index contributed by atoms with van der Waals surface area (Å²) in [4.78, 5) is 28.4. The van der Waals surface area contributed by atoms with Crippen molar-refractivity contribution < 1.29 is 9.59 Å². The number of likely N-dealkylation sites (N-methyl/N-ethyl adjacent to an activating group) is 1. The average Bonchev–Trinajstić information content (AvgIpc) is 3.45. The summed E-state index contributed by atoms with van der Waals surface area (Å²) in [6.07, 6.45) is 4.05. The van der Waals surface area contributed by atoms with Crippen molar-refractivity contribution >= 4 is 35.3 Å². The maximum Gasteiger partial charge on any atom is 0.264 e. The average molecular weight is 364 g/mol. The van der Waals surface area contributed by atoms with Crippen LogP contribution in [0.25, 0.3) is 6.08 Å². The highest BCUT2D eigenvalue weighted by Crippen LogP contribution is 2.42. The van der Waals surface area contributed by atoms with Crippen molar-refractivity contribution in [2.45, 2.75) is 30.7 Å². The topological polar surface area (TPSA) is 49.4 Å². The molecule has 1 fully saturated rings. The molecule has 1 N–H and O–H groups in total. The van der Waals surface area contributed by atoms with Crippen LogP contribution in [0.5, 0.6) is 0 Å². The Morgan fingerprint density at radius 3 is 2.73 bits per heavy atom. The molecule has 2 aromatic rings. The summed E-state index contributed by atoms with van der Waals surface area (Å²) in [5.74, 6) is -0.118. The Bertz CT molecular complexity index is 931. The number of thioether (sulfide) groups is 1. The van der Waals surface area contributed by atoms with Gasteiger partial charge in [-0.15, -0.1) is 0 Å². The maximum absolute atomic E-state index is 12.8. The maximum atomic E-state index is 12.8. The summed E-state index contributed by atoms with van der Waals surface area (Å²) in [5, 5.41) is 2.99. The third kappa shape index (κ3) is 3.27. The molecule has 0 radical (unpaired) electrons. The predicted molar refractivity (Wildman–Crippen MR) is 105 cm³/mol. The Balaban J connectivity index is 1.65. The second kappa shape index (κ2) is 6.65. The smallest absolute Gasteiger partial charge is 0.264 e. The number of hydrogen-bond donors (Lipinski definition) is 1. The number of fused-ring (bicyclic) bond motifs is 1. The van der Waals surface area contributed by atoms with Crippen molar-refractivity contribution in [3.8, 4) is 0 Å². The minimum atomic E-state index is -0.0672. The Morgan fingerprint density at radius 2 is 2.00 bits per heavy atom. The number of rotatable bonds is 3. The van der Waals surface area contributed by atoms with Crippen LogP contribution in [0, 0.1) is 6.92 Å². The summed E-state index contributed by atoms with van der Waals surface area (Å²) in [5.41, 5.74) is 3.56. The molecule has 2 aromatic carbocycles. The van der Waals surface area contributed by atoms with Gasteiger partial charge in [0.1, 0.15) is 0 Å². The second-order valence-corrected chi connectivity index (χ2v) is 7.85. The van der Waals surface area contributed by atoms with E-state index < -0.39 is 0 Å². The van der Waals surface area contributed by atoms with Gasteiger partial charge in [-0.05, 0) is 55.2 Å². The van der Waals surface area contributed by atoms with Gasteiger partial charge in [0.2, 0.25) is 0 Å². The molecule has 132 valence electrons. The number of anilines is 1. The van der Waals surface area contributed by atoms with Crippen LogP contribution in [0.4, 0.5) is 5.69 Å². The molecular weight excluding hydrogens is 344 g/mol. The van der Waals surface area contributed by atoms with Gasteiger partial charge in [0.15, 0.2) is 0 Å². The summed E-state index contributed by atoms with van der Waals surface area (Å²) >= 11 is 1.46. The van der Waals surface area contributed by atoms with Gasteiger partial charge in [0.25, 0.3) is 11.8 Å². The van der Waals surface area contributed by atoms with Gasteiger partial charge in [-0.1, -0.05) is 36.0 Å². The van der Waals surface area contributed by atoms with Gasteiger partial charge < -0.3 is 10.2 Å². The first-order valence-electron chi connectivity index (χ1n) is 8.71. The first-order valence-corrected chi connectivity index (χ1v) is 9.53. The number of aryl methyl sites for hydroxylation is 1. The number of nitrogens with one attached hydrogen (secondary N) is 1. The fraction of sp³-hybridized carbons (Fsp3) is 0.238. The van der Waals surface area contributed by atoms with Crippen molar-refractivity contribution in [1.82, 2.24) is 5.32 Å². The minimum absolute atomic E-state index is 0.0505. The van der Waals surface area contributed by atoms with E-state index in [0.29, 0.717) is 16.5 Å². The van der Waals surface area contributed by atoms with Crippen molar-refractivity contribution in [3.63, 3.8) is 0 Å². The highest BCUT2D eigenvalue weighted by atomic mass is 32.2. The van der Waals surface area contributed by atoms with E-state index in [9.17, 15) is 9.59 Å². The van der Waals surface area contributed by atoms with E-state index in [2.05, 4.69) is 5.32 Å². The monoisotopic (exact) mass is 364 g/mol. The lowest BCUT2D eigenvalue weighted by atomic mass is 10.1. The van der Waals surface area contributed by atoms with Crippen LogP contribution >= 0.6 is 11.8 Å². The molecule has 0 unspecified atom stereocenters. The third-order valence-electron chi connectivity index (χ3n) is 4.71. The third-order valence-corrected chi connectivity index (χ3v) is 5.78. The van der Waals surface area contributed by atoms with Crippen molar-refractivity contribution in [3.05, 3.63) is 64.1 Å². The van der Waals surface area contributed by atoms with E-state index in [0.717, 1.165) is 34.6 Å². The number of carbonyl (C=O) groups is 2. The first kappa shape index (κ1) is 16.9. The highest BCUT2D eigenvalue weighted by molar-refractivity contribution is 8.04. The number of carbonyl (C=O) groups excluding carboxylic acids is 2. The van der Waals surface area contributed by atoms with Gasteiger partial charge in [0.05, 0.1) is 10.6 Å².